The summed E-state index contributed by atoms with van der Waals surface area (Å²) in [6.45, 7) is -0.229. The van der Waals surface area contributed by atoms with Crippen molar-refractivity contribution < 1.29 is 14.3 Å². The Morgan fingerprint density at radius 2 is 1.79 bits per heavy atom. The quantitative estimate of drug-likeness (QED) is 0.605. The van der Waals surface area contributed by atoms with Gasteiger partial charge in [0.1, 0.15) is 0 Å². The normalized spacial score (nSPS) is 10.3. The molecule has 0 radical (unpaired) electrons. The van der Waals surface area contributed by atoms with E-state index in [4.69, 9.17) is 45.3 Å². The Morgan fingerprint density at radius 3 is 2.46 bits per heavy atom. The Morgan fingerprint density at radius 1 is 1.04 bits per heavy atom. The molecule has 3 N–H and O–H groups in total. The average Bonchev–Trinajstić information content (AvgIpc) is 2.54. The molecular weight excluding hydrogens is 375 g/mol. The van der Waals surface area contributed by atoms with Crippen LogP contribution in [0, 0.1) is 0 Å². The van der Waals surface area contributed by atoms with Gasteiger partial charge in [-0.15, -0.1) is 0 Å². The van der Waals surface area contributed by atoms with Crippen molar-refractivity contribution in [2.24, 2.45) is 0 Å². The van der Waals surface area contributed by atoms with Gasteiger partial charge in [0.25, 0.3) is 5.91 Å². The number of anilines is 1. The first-order valence-corrected chi connectivity index (χ1v) is 7.93. The van der Waals surface area contributed by atoms with E-state index in [2.05, 4.69) is 5.32 Å². The molecule has 0 fully saturated rings. The minimum Gasteiger partial charge on any atom is -0.452 e. The van der Waals surface area contributed by atoms with Gasteiger partial charge < -0.3 is 15.8 Å². The molecule has 126 valence electrons. The number of nitrogen functional groups attached to an aromatic ring is 1. The van der Waals surface area contributed by atoms with Crippen molar-refractivity contribution in [3.8, 4) is 0 Å². The summed E-state index contributed by atoms with van der Waals surface area (Å²) in [5, 5.41) is 3.88. The van der Waals surface area contributed by atoms with Gasteiger partial charge in [-0.25, -0.2) is 4.79 Å². The predicted molar refractivity (Wildman–Crippen MR) is 94.5 cm³/mol. The van der Waals surface area contributed by atoms with Gasteiger partial charge in [0, 0.05) is 16.6 Å². The number of benzene rings is 2. The van der Waals surface area contributed by atoms with E-state index in [1.165, 1.54) is 18.2 Å². The van der Waals surface area contributed by atoms with Crippen LogP contribution < -0.4 is 11.1 Å². The summed E-state index contributed by atoms with van der Waals surface area (Å²) in [5.41, 5.74) is 6.78. The monoisotopic (exact) mass is 386 g/mol. The van der Waals surface area contributed by atoms with Crippen LogP contribution in [0.4, 0.5) is 5.69 Å². The maximum absolute atomic E-state index is 11.8. The first-order chi connectivity index (χ1) is 11.4. The lowest BCUT2D eigenvalue weighted by atomic mass is 10.2. The highest BCUT2D eigenvalue weighted by molar-refractivity contribution is 6.35. The molecule has 2 rings (SSSR count). The van der Waals surface area contributed by atoms with Crippen LogP contribution in [0.5, 0.6) is 0 Å². The molecule has 0 saturated carbocycles. The zero-order chi connectivity index (χ0) is 17.7. The Hall–Kier alpha value is -1.95. The number of hydrogen-bond donors (Lipinski definition) is 2. The van der Waals surface area contributed by atoms with Gasteiger partial charge in [0.2, 0.25) is 0 Å². The molecule has 2 aromatic rings. The Balaban J connectivity index is 1.84. The van der Waals surface area contributed by atoms with E-state index < -0.39 is 18.5 Å². The molecule has 0 bridgehead atoms. The number of carbonyl (C=O) groups excluding carboxylic acids is 2. The SMILES string of the molecule is Nc1cc(C(=O)OCC(=O)NCc2ccc(Cl)cc2Cl)ccc1Cl. The lowest BCUT2D eigenvalue weighted by molar-refractivity contribution is -0.124. The van der Waals surface area contributed by atoms with Gasteiger partial charge in [-0.2, -0.15) is 0 Å². The van der Waals surface area contributed by atoms with Gasteiger partial charge in [-0.05, 0) is 35.9 Å². The van der Waals surface area contributed by atoms with Gasteiger partial charge in [0.05, 0.1) is 16.3 Å². The highest BCUT2D eigenvalue weighted by atomic mass is 35.5. The third-order valence-corrected chi connectivity index (χ3v) is 3.99. The molecule has 1 amide bonds. The second-order valence-corrected chi connectivity index (χ2v) is 6.08. The smallest absolute Gasteiger partial charge is 0.338 e. The van der Waals surface area contributed by atoms with Gasteiger partial charge in [0.15, 0.2) is 6.61 Å². The molecule has 2 aromatic carbocycles. The number of nitrogens with one attached hydrogen (secondary N) is 1. The summed E-state index contributed by atoms with van der Waals surface area (Å²) in [7, 11) is 0. The fraction of sp³-hybridized carbons (Fsp3) is 0.125. The van der Waals surface area contributed by atoms with E-state index in [9.17, 15) is 9.59 Å². The van der Waals surface area contributed by atoms with Crippen LogP contribution >= 0.6 is 34.8 Å². The molecule has 0 unspecified atom stereocenters. The van der Waals surface area contributed by atoms with Crippen LogP contribution in [0.15, 0.2) is 36.4 Å². The largest absolute Gasteiger partial charge is 0.452 e. The topological polar surface area (TPSA) is 81.4 Å². The Bertz CT molecular complexity index is 781. The number of esters is 1. The number of rotatable bonds is 5. The number of carbonyl (C=O) groups is 2. The molecule has 8 heteroatoms. The minimum atomic E-state index is -0.668. The zero-order valence-electron chi connectivity index (χ0n) is 12.3. The maximum atomic E-state index is 11.8. The van der Waals surface area contributed by atoms with Gasteiger partial charge in [-0.3, -0.25) is 4.79 Å². The molecule has 0 aliphatic rings. The molecule has 0 aliphatic heterocycles. The molecule has 0 spiro atoms. The first kappa shape index (κ1) is 18.4. The lowest BCUT2D eigenvalue weighted by Gasteiger charge is -2.08. The molecule has 5 nitrogen and oxygen atoms in total. The standard InChI is InChI=1S/C16H13Cl3N2O3/c17-11-3-1-10(13(19)6-11)7-21-15(22)8-24-16(23)9-2-4-12(18)14(20)5-9/h1-6H,7-8,20H2,(H,21,22). The van der Waals surface area contributed by atoms with E-state index >= 15 is 0 Å². The van der Waals surface area contributed by atoms with E-state index in [1.54, 1.807) is 18.2 Å². The van der Waals surface area contributed by atoms with Crippen LogP contribution in [0.2, 0.25) is 15.1 Å². The van der Waals surface area contributed by atoms with Gasteiger partial charge >= 0.3 is 5.97 Å². The second-order valence-electron chi connectivity index (χ2n) is 4.82. The number of nitrogens with two attached hydrogens (primary N) is 1. The van der Waals surface area contributed by atoms with E-state index in [0.717, 1.165) is 0 Å². The van der Waals surface area contributed by atoms with Crippen LogP contribution in [0.3, 0.4) is 0 Å². The molecule has 0 aromatic heterocycles. The van der Waals surface area contributed by atoms with Crippen LogP contribution in [0.25, 0.3) is 0 Å². The third kappa shape index (κ3) is 5.03. The van der Waals surface area contributed by atoms with Crippen LogP contribution in [0.1, 0.15) is 15.9 Å². The van der Waals surface area contributed by atoms with Crippen molar-refractivity contribution in [3.05, 3.63) is 62.6 Å². The molecule has 0 aliphatic carbocycles. The van der Waals surface area contributed by atoms with Crippen molar-refractivity contribution in [2.75, 3.05) is 12.3 Å². The van der Waals surface area contributed by atoms with Crippen molar-refractivity contribution in [1.29, 1.82) is 0 Å². The summed E-state index contributed by atoms with van der Waals surface area (Å²) in [4.78, 5) is 23.6. The van der Waals surface area contributed by atoms with Crippen LogP contribution in [-0.4, -0.2) is 18.5 Å². The summed E-state index contributed by atoms with van der Waals surface area (Å²) in [5.74, 6) is -1.13. The lowest BCUT2D eigenvalue weighted by Crippen LogP contribution is -2.28. The maximum Gasteiger partial charge on any atom is 0.338 e. The summed E-state index contributed by atoms with van der Waals surface area (Å²) >= 11 is 17.6. The molecule has 0 heterocycles. The highest BCUT2D eigenvalue weighted by Crippen LogP contribution is 2.21. The third-order valence-electron chi connectivity index (χ3n) is 3.06. The first-order valence-electron chi connectivity index (χ1n) is 6.79. The number of amides is 1. The second kappa shape index (κ2) is 8.24. The molecule has 0 saturated heterocycles. The van der Waals surface area contributed by atoms with Crippen molar-refractivity contribution in [2.45, 2.75) is 6.54 Å². The zero-order valence-corrected chi connectivity index (χ0v) is 14.6. The molecule has 24 heavy (non-hydrogen) atoms. The number of halogens is 3. The van der Waals surface area contributed by atoms with E-state index in [0.29, 0.717) is 20.6 Å². The molecular formula is C16H13Cl3N2O3. The van der Waals surface area contributed by atoms with Crippen molar-refractivity contribution in [1.82, 2.24) is 5.32 Å². The Labute approximate surface area is 153 Å². The number of hydrogen-bond acceptors (Lipinski definition) is 4. The van der Waals surface area contributed by atoms with Gasteiger partial charge in [-0.1, -0.05) is 40.9 Å². The fourth-order valence-electron chi connectivity index (χ4n) is 1.80. The summed E-state index contributed by atoms with van der Waals surface area (Å²) < 4.78 is 4.92. The minimum absolute atomic E-state index is 0.195. The fourth-order valence-corrected chi connectivity index (χ4v) is 2.39. The Kier molecular flexibility index (Phi) is 6.31. The summed E-state index contributed by atoms with van der Waals surface area (Å²) in [6.07, 6.45) is 0. The van der Waals surface area contributed by atoms with Crippen molar-refractivity contribution in [3.63, 3.8) is 0 Å². The predicted octanol–water partition coefficient (Wildman–Crippen LogP) is 3.70. The average molecular weight is 388 g/mol. The van der Waals surface area contributed by atoms with E-state index in [-0.39, 0.29) is 17.8 Å². The highest BCUT2D eigenvalue weighted by Gasteiger charge is 2.12. The van der Waals surface area contributed by atoms with E-state index in [1.807, 2.05) is 0 Å². The number of ether oxygens (including phenoxy) is 1. The summed E-state index contributed by atoms with van der Waals surface area (Å²) in [6, 6.07) is 9.28. The van der Waals surface area contributed by atoms with Crippen molar-refractivity contribution >= 4 is 52.4 Å². The van der Waals surface area contributed by atoms with Crippen LogP contribution in [-0.2, 0) is 16.1 Å². The molecule has 0 atom stereocenters.